The van der Waals surface area contributed by atoms with Crippen molar-refractivity contribution in [2.75, 3.05) is 6.61 Å². The van der Waals surface area contributed by atoms with Crippen molar-refractivity contribution in [3.8, 4) is 11.5 Å². The number of nitrogens with zero attached hydrogens (tertiary/aromatic N) is 1. The second-order valence-electron chi connectivity index (χ2n) is 7.76. The van der Waals surface area contributed by atoms with Crippen molar-refractivity contribution < 1.29 is 23.5 Å². The number of urea groups is 1. The van der Waals surface area contributed by atoms with Crippen LogP contribution in [0.2, 0.25) is 10.0 Å². The van der Waals surface area contributed by atoms with E-state index in [-0.39, 0.29) is 24.4 Å². The first-order valence-electron chi connectivity index (χ1n) is 10.9. The molecule has 0 bridgehead atoms. The summed E-state index contributed by atoms with van der Waals surface area (Å²) < 4.78 is 26.3. The highest BCUT2D eigenvalue weighted by Gasteiger charge is 2.34. The fourth-order valence-corrected chi connectivity index (χ4v) is 4.26. The number of ether oxygens (including phenoxy) is 2. The van der Waals surface area contributed by atoms with Crippen molar-refractivity contribution >= 4 is 57.1 Å². The molecule has 10 heteroatoms. The predicted octanol–water partition coefficient (Wildman–Crippen LogP) is 6.97. The number of amides is 3. The van der Waals surface area contributed by atoms with Crippen LogP contribution in [-0.2, 0) is 17.9 Å². The van der Waals surface area contributed by atoms with Crippen molar-refractivity contribution in [3.05, 3.63) is 97.3 Å². The number of hydrogen-bond donors (Lipinski definition) is 1. The quantitative estimate of drug-likeness (QED) is 0.226. The van der Waals surface area contributed by atoms with Crippen molar-refractivity contribution in [1.82, 2.24) is 10.2 Å². The molecule has 0 saturated carbocycles. The third-order valence-corrected chi connectivity index (χ3v) is 6.72. The molecule has 1 heterocycles. The number of rotatable bonds is 8. The summed E-state index contributed by atoms with van der Waals surface area (Å²) in [4.78, 5) is 26.3. The van der Waals surface area contributed by atoms with Crippen LogP contribution >= 0.6 is 39.1 Å². The number of carbonyl (C=O) groups is 2. The van der Waals surface area contributed by atoms with Gasteiger partial charge in [-0.1, -0.05) is 63.4 Å². The minimum absolute atomic E-state index is 0.0592. The van der Waals surface area contributed by atoms with Crippen LogP contribution in [0.15, 0.2) is 64.8 Å². The summed E-state index contributed by atoms with van der Waals surface area (Å²) in [5.74, 6) is -0.128. The van der Waals surface area contributed by atoms with Gasteiger partial charge in [-0.3, -0.25) is 9.69 Å². The van der Waals surface area contributed by atoms with Crippen molar-refractivity contribution in [3.63, 3.8) is 0 Å². The van der Waals surface area contributed by atoms with Crippen molar-refractivity contribution in [2.45, 2.75) is 20.1 Å². The summed E-state index contributed by atoms with van der Waals surface area (Å²) in [7, 11) is 0. The summed E-state index contributed by atoms with van der Waals surface area (Å²) in [5, 5.41) is 3.44. The molecule has 0 aromatic heterocycles. The second kappa shape index (κ2) is 11.3. The maximum atomic E-state index is 14.0. The van der Waals surface area contributed by atoms with Gasteiger partial charge >= 0.3 is 6.03 Å². The number of halogens is 4. The van der Waals surface area contributed by atoms with E-state index < -0.39 is 17.8 Å². The molecule has 6 nitrogen and oxygen atoms in total. The zero-order valence-corrected chi connectivity index (χ0v) is 22.1. The fraction of sp³-hybridized carbons (Fsp3) is 0.154. The SMILES string of the molecule is CCOc1cc(C=C2NC(=O)N(Cc3ccccc3F)C2=O)c(Br)cc1OCc1ccc(Cl)c(Cl)c1. The minimum atomic E-state index is -0.628. The average molecular weight is 594 g/mol. The maximum Gasteiger partial charge on any atom is 0.329 e. The molecule has 0 unspecified atom stereocenters. The summed E-state index contributed by atoms with van der Waals surface area (Å²) in [6.45, 7) is 2.27. The smallest absolute Gasteiger partial charge is 0.329 e. The van der Waals surface area contributed by atoms with Gasteiger partial charge in [0.1, 0.15) is 18.1 Å². The normalized spacial score (nSPS) is 14.4. The van der Waals surface area contributed by atoms with Crippen molar-refractivity contribution in [2.24, 2.45) is 0 Å². The molecule has 186 valence electrons. The molecule has 3 aromatic carbocycles. The Labute approximate surface area is 225 Å². The van der Waals surface area contributed by atoms with Gasteiger partial charge in [-0.05, 0) is 54.5 Å². The van der Waals surface area contributed by atoms with Gasteiger partial charge in [0.25, 0.3) is 5.91 Å². The number of hydrogen-bond acceptors (Lipinski definition) is 4. The van der Waals surface area contributed by atoms with Crippen LogP contribution in [0.4, 0.5) is 9.18 Å². The Hall–Kier alpha value is -3.07. The molecule has 3 amide bonds. The van der Waals surface area contributed by atoms with Gasteiger partial charge in [0.15, 0.2) is 11.5 Å². The lowest BCUT2D eigenvalue weighted by Crippen LogP contribution is -2.30. The van der Waals surface area contributed by atoms with Gasteiger partial charge in [0.05, 0.1) is 23.2 Å². The van der Waals surface area contributed by atoms with Crippen LogP contribution in [0.1, 0.15) is 23.6 Å². The summed E-state index contributed by atoms with van der Waals surface area (Å²) >= 11 is 15.6. The number of carbonyl (C=O) groups excluding carboxylic acids is 2. The number of benzene rings is 3. The van der Waals surface area contributed by atoms with E-state index in [4.69, 9.17) is 32.7 Å². The molecule has 1 fully saturated rings. The first kappa shape index (κ1) is 26.0. The maximum absolute atomic E-state index is 14.0. The van der Waals surface area contributed by atoms with E-state index in [1.54, 1.807) is 36.4 Å². The molecule has 36 heavy (non-hydrogen) atoms. The first-order chi connectivity index (χ1) is 17.3. The molecule has 1 saturated heterocycles. The Morgan fingerprint density at radius 2 is 1.78 bits per heavy atom. The Kier molecular flexibility index (Phi) is 8.18. The molecule has 3 aromatic rings. The lowest BCUT2D eigenvalue weighted by molar-refractivity contribution is -0.123. The zero-order valence-electron chi connectivity index (χ0n) is 19.0. The van der Waals surface area contributed by atoms with Crippen molar-refractivity contribution in [1.29, 1.82) is 0 Å². The molecule has 0 atom stereocenters. The highest BCUT2D eigenvalue weighted by Crippen LogP contribution is 2.36. The molecule has 1 aliphatic heterocycles. The van der Waals surface area contributed by atoms with Crippen LogP contribution in [-0.4, -0.2) is 23.4 Å². The van der Waals surface area contributed by atoms with E-state index in [1.165, 1.54) is 18.2 Å². The monoisotopic (exact) mass is 592 g/mol. The standard InChI is InChI=1S/C26H20BrCl2FN2O4/c1-2-35-23-11-17(18(27)12-24(23)36-14-15-7-8-19(28)20(29)9-15)10-22-25(33)32(26(34)31-22)13-16-5-3-4-6-21(16)30/h3-12H,2,13-14H2,1H3,(H,31,34). The lowest BCUT2D eigenvalue weighted by Gasteiger charge is -2.14. The summed E-state index contributed by atoms with van der Waals surface area (Å²) in [6.07, 6.45) is 1.52. The van der Waals surface area contributed by atoms with Gasteiger partial charge in [0, 0.05) is 10.0 Å². The highest BCUT2D eigenvalue weighted by atomic mass is 79.9. The molecule has 0 radical (unpaired) electrons. The number of nitrogens with one attached hydrogen (secondary N) is 1. The number of imide groups is 1. The second-order valence-corrected chi connectivity index (χ2v) is 9.43. The van der Waals surface area contributed by atoms with Gasteiger partial charge in [-0.2, -0.15) is 0 Å². The largest absolute Gasteiger partial charge is 0.490 e. The Morgan fingerprint density at radius 3 is 2.50 bits per heavy atom. The lowest BCUT2D eigenvalue weighted by atomic mass is 10.1. The predicted molar refractivity (Wildman–Crippen MR) is 140 cm³/mol. The highest BCUT2D eigenvalue weighted by molar-refractivity contribution is 9.10. The van der Waals surface area contributed by atoms with E-state index in [0.717, 1.165) is 10.5 Å². The molecule has 0 aliphatic carbocycles. The van der Waals surface area contributed by atoms with Crippen LogP contribution in [0.5, 0.6) is 11.5 Å². The van der Waals surface area contributed by atoms with Gasteiger partial charge < -0.3 is 14.8 Å². The van der Waals surface area contributed by atoms with E-state index in [1.807, 2.05) is 13.0 Å². The third kappa shape index (κ3) is 5.83. The molecular formula is C26H20BrCl2FN2O4. The Bertz CT molecular complexity index is 1370. The third-order valence-electron chi connectivity index (χ3n) is 5.29. The first-order valence-corrected chi connectivity index (χ1v) is 12.4. The molecule has 4 rings (SSSR count). The zero-order chi connectivity index (χ0) is 25.8. The summed E-state index contributed by atoms with van der Waals surface area (Å²) in [6, 6.07) is 14.0. The van der Waals surface area contributed by atoms with Crippen LogP contribution in [0, 0.1) is 5.82 Å². The van der Waals surface area contributed by atoms with Crippen LogP contribution in [0.3, 0.4) is 0 Å². The van der Waals surface area contributed by atoms with E-state index in [2.05, 4.69) is 21.2 Å². The van der Waals surface area contributed by atoms with E-state index in [9.17, 15) is 14.0 Å². The minimum Gasteiger partial charge on any atom is -0.490 e. The molecular weight excluding hydrogens is 574 g/mol. The van der Waals surface area contributed by atoms with Crippen LogP contribution in [0.25, 0.3) is 6.08 Å². The van der Waals surface area contributed by atoms with Gasteiger partial charge in [-0.15, -0.1) is 0 Å². The van der Waals surface area contributed by atoms with Gasteiger partial charge in [0.2, 0.25) is 0 Å². The van der Waals surface area contributed by atoms with E-state index in [0.29, 0.717) is 38.2 Å². The Morgan fingerprint density at radius 1 is 1.03 bits per heavy atom. The molecule has 1 aliphatic rings. The summed E-state index contributed by atoms with van der Waals surface area (Å²) in [5.41, 5.74) is 1.70. The Balaban J connectivity index is 1.56. The molecule has 1 N–H and O–H groups in total. The van der Waals surface area contributed by atoms with Crippen LogP contribution < -0.4 is 14.8 Å². The topological polar surface area (TPSA) is 67.9 Å². The average Bonchev–Trinajstić information content (AvgIpc) is 3.11. The van der Waals surface area contributed by atoms with Gasteiger partial charge in [-0.25, -0.2) is 9.18 Å². The molecule has 0 spiro atoms. The fourth-order valence-electron chi connectivity index (χ4n) is 3.50. The van der Waals surface area contributed by atoms with E-state index >= 15 is 0 Å².